The van der Waals surface area contributed by atoms with Gasteiger partial charge in [0.2, 0.25) is 0 Å². The predicted molar refractivity (Wildman–Crippen MR) is 88.9 cm³/mol. The van der Waals surface area contributed by atoms with E-state index in [1.54, 1.807) is 14.2 Å². The van der Waals surface area contributed by atoms with E-state index in [1.807, 2.05) is 18.2 Å². The van der Waals surface area contributed by atoms with Gasteiger partial charge in [0.25, 0.3) is 0 Å². The molecule has 112 valence electrons. The van der Waals surface area contributed by atoms with Crippen molar-refractivity contribution in [3.63, 3.8) is 0 Å². The van der Waals surface area contributed by atoms with Gasteiger partial charge in [-0.1, -0.05) is 46.3 Å². The van der Waals surface area contributed by atoms with Crippen molar-refractivity contribution in [1.29, 1.82) is 0 Å². The van der Waals surface area contributed by atoms with Crippen molar-refractivity contribution in [1.82, 2.24) is 5.32 Å². The third kappa shape index (κ3) is 3.99. The highest BCUT2D eigenvalue weighted by Crippen LogP contribution is 2.34. The Labute approximate surface area is 134 Å². The molecular formula is C17H20BrNO2. The van der Waals surface area contributed by atoms with Crippen molar-refractivity contribution in [3.05, 3.63) is 58.1 Å². The number of halogens is 1. The molecule has 0 heterocycles. The van der Waals surface area contributed by atoms with Crippen LogP contribution in [0.15, 0.2) is 46.9 Å². The minimum Gasteiger partial charge on any atom is -0.493 e. The number of rotatable bonds is 6. The van der Waals surface area contributed by atoms with E-state index in [0.29, 0.717) is 6.54 Å². The lowest BCUT2D eigenvalue weighted by Crippen LogP contribution is -2.18. The molecule has 0 spiro atoms. The Bertz CT molecular complexity index is 587. The van der Waals surface area contributed by atoms with E-state index in [4.69, 9.17) is 9.47 Å². The zero-order valence-electron chi connectivity index (χ0n) is 12.5. The molecule has 1 N–H and O–H groups in total. The number of methoxy groups -OCH3 is 2. The normalized spacial score (nSPS) is 12.0. The lowest BCUT2D eigenvalue weighted by atomic mass is 10.1. The highest BCUT2D eigenvalue weighted by atomic mass is 79.9. The Morgan fingerprint density at radius 1 is 1.10 bits per heavy atom. The molecule has 4 heteroatoms. The molecule has 0 saturated carbocycles. The summed E-state index contributed by atoms with van der Waals surface area (Å²) in [4.78, 5) is 0. The summed E-state index contributed by atoms with van der Waals surface area (Å²) in [6.07, 6.45) is 0. The molecule has 2 rings (SSSR count). The Kier molecular flexibility index (Phi) is 5.65. The first-order valence-electron chi connectivity index (χ1n) is 6.84. The zero-order chi connectivity index (χ0) is 15.2. The van der Waals surface area contributed by atoms with Crippen LogP contribution >= 0.6 is 15.9 Å². The molecule has 1 unspecified atom stereocenters. The van der Waals surface area contributed by atoms with Crippen LogP contribution in [0.4, 0.5) is 0 Å². The summed E-state index contributed by atoms with van der Waals surface area (Å²) in [7, 11) is 3.31. The van der Waals surface area contributed by atoms with Crippen LogP contribution in [-0.2, 0) is 6.54 Å². The van der Waals surface area contributed by atoms with Crippen LogP contribution in [0.5, 0.6) is 11.5 Å². The van der Waals surface area contributed by atoms with Gasteiger partial charge in [-0.3, -0.25) is 0 Å². The Hall–Kier alpha value is -1.52. The summed E-state index contributed by atoms with van der Waals surface area (Å²) in [6.45, 7) is 2.85. The van der Waals surface area contributed by atoms with Gasteiger partial charge in [0.15, 0.2) is 11.5 Å². The number of hydrogen-bond donors (Lipinski definition) is 1. The lowest BCUT2D eigenvalue weighted by Gasteiger charge is -2.17. The molecule has 0 aromatic heterocycles. The average Bonchev–Trinajstić information content (AvgIpc) is 2.52. The van der Waals surface area contributed by atoms with Crippen LogP contribution in [0, 0.1) is 0 Å². The van der Waals surface area contributed by atoms with E-state index >= 15 is 0 Å². The number of nitrogens with one attached hydrogen (secondary N) is 1. The zero-order valence-corrected chi connectivity index (χ0v) is 14.1. The second-order valence-electron chi connectivity index (χ2n) is 4.81. The van der Waals surface area contributed by atoms with Gasteiger partial charge in [-0.05, 0) is 24.6 Å². The van der Waals surface area contributed by atoms with E-state index in [0.717, 1.165) is 21.5 Å². The van der Waals surface area contributed by atoms with Crippen LogP contribution in [0.25, 0.3) is 0 Å². The lowest BCUT2D eigenvalue weighted by molar-refractivity contribution is 0.349. The number of benzene rings is 2. The average molecular weight is 350 g/mol. The first kappa shape index (κ1) is 15.9. The van der Waals surface area contributed by atoms with Gasteiger partial charge >= 0.3 is 0 Å². The Morgan fingerprint density at radius 3 is 2.43 bits per heavy atom. The maximum absolute atomic E-state index is 5.47. The van der Waals surface area contributed by atoms with E-state index in [2.05, 4.69) is 52.4 Å². The molecule has 0 bridgehead atoms. The fraction of sp³-hybridized carbons (Fsp3) is 0.294. The van der Waals surface area contributed by atoms with Crippen LogP contribution in [0.1, 0.15) is 24.1 Å². The number of ether oxygens (including phenoxy) is 2. The van der Waals surface area contributed by atoms with E-state index in [-0.39, 0.29) is 6.04 Å². The molecule has 0 aliphatic carbocycles. The van der Waals surface area contributed by atoms with Gasteiger partial charge in [0, 0.05) is 22.6 Å². The third-order valence-electron chi connectivity index (χ3n) is 3.42. The maximum atomic E-state index is 5.47. The first-order valence-corrected chi connectivity index (χ1v) is 7.63. The molecule has 0 aliphatic heterocycles. The Balaban J connectivity index is 2.14. The Morgan fingerprint density at radius 2 is 1.81 bits per heavy atom. The summed E-state index contributed by atoms with van der Waals surface area (Å²) in [5.74, 6) is 1.50. The monoisotopic (exact) mass is 349 g/mol. The second kappa shape index (κ2) is 7.48. The third-order valence-corrected chi connectivity index (χ3v) is 3.88. The highest BCUT2D eigenvalue weighted by Gasteiger charge is 2.13. The van der Waals surface area contributed by atoms with Crippen LogP contribution < -0.4 is 14.8 Å². The van der Waals surface area contributed by atoms with E-state index < -0.39 is 0 Å². The van der Waals surface area contributed by atoms with Gasteiger partial charge in [-0.2, -0.15) is 0 Å². The summed E-state index contributed by atoms with van der Waals surface area (Å²) in [5.41, 5.74) is 2.32. The molecule has 0 fully saturated rings. The van der Waals surface area contributed by atoms with Crippen LogP contribution in [-0.4, -0.2) is 14.2 Å². The molecule has 21 heavy (non-hydrogen) atoms. The maximum Gasteiger partial charge on any atom is 0.165 e. The topological polar surface area (TPSA) is 30.5 Å². The summed E-state index contributed by atoms with van der Waals surface area (Å²) in [6, 6.07) is 14.6. The molecule has 1 atom stereocenters. The van der Waals surface area contributed by atoms with Crippen molar-refractivity contribution in [2.45, 2.75) is 19.5 Å². The van der Waals surface area contributed by atoms with Gasteiger partial charge in [0.05, 0.1) is 14.2 Å². The summed E-state index contributed by atoms with van der Waals surface area (Å²) in [5, 5.41) is 3.51. The van der Waals surface area contributed by atoms with Crippen molar-refractivity contribution in [2.24, 2.45) is 0 Å². The molecule has 0 aliphatic rings. The fourth-order valence-electron chi connectivity index (χ4n) is 2.26. The van der Waals surface area contributed by atoms with Crippen LogP contribution in [0.3, 0.4) is 0 Å². The minimum atomic E-state index is 0.265. The van der Waals surface area contributed by atoms with Gasteiger partial charge in [-0.25, -0.2) is 0 Å². The SMILES string of the molecule is COc1cc(Br)cc(CNC(C)c2ccccc2)c1OC. The van der Waals surface area contributed by atoms with Crippen molar-refractivity contribution in [3.8, 4) is 11.5 Å². The minimum absolute atomic E-state index is 0.265. The smallest absolute Gasteiger partial charge is 0.165 e. The standard InChI is InChI=1S/C17H20BrNO2/c1-12(13-7-5-4-6-8-13)19-11-14-9-15(18)10-16(20-2)17(14)21-3/h4-10,12,19H,11H2,1-3H3. The second-order valence-corrected chi connectivity index (χ2v) is 5.73. The van der Waals surface area contributed by atoms with Crippen molar-refractivity contribution >= 4 is 15.9 Å². The van der Waals surface area contributed by atoms with E-state index in [1.165, 1.54) is 5.56 Å². The van der Waals surface area contributed by atoms with Crippen LogP contribution in [0.2, 0.25) is 0 Å². The van der Waals surface area contributed by atoms with Gasteiger partial charge in [-0.15, -0.1) is 0 Å². The molecule has 0 saturated heterocycles. The molecule has 3 nitrogen and oxygen atoms in total. The van der Waals surface area contributed by atoms with Gasteiger partial charge in [0.1, 0.15) is 0 Å². The molecule has 0 radical (unpaired) electrons. The van der Waals surface area contributed by atoms with Gasteiger partial charge < -0.3 is 14.8 Å². The van der Waals surface area contributed by atoms with Crippen molar-refractivity contribution in [2.75, 3.05) is 14.2 Å². The first-order chi connectivity index (χ1) is 10.2. The predicted octanol–water partition coefficient (Wildman–Crippen LogP) is 4.32. The largest absolute Gasteiger partial charge is 0.493 e. The molecule has 2 aromatic carbocycles. The fourth-order valence-corrected chi connectivity index (χ4v) is 2.74. The molecular weight excluding hydrogens is 330 g/mol. The van der Waals surface area contributed by atoms with Crippen molar-refractivity contribution < 1.29 is 9.47 Å². The summed E-state index contributed by atoms with van der Waals surface area (Å²) < 4.78 is 11.8. The summed E-state index contributed by atoms with van der Waals surface area (Å²) >= 11 is 3.51. The molecule has 2 aromatic rings. The number of hydrogen-bond acceptors (Lipinski definition) is 3. The highest BCUT2D eigenvalue weighted by molar-refractivity contribution is 9.10. The molecule has 0 amide bonds. The quantitative estimate of drug-likeness (QED) is 0.842. The van der Waals surface area contributed by atoms with E-state index in [9.17, 15) is 0 Å².